The Morgan fingerprint density at radius 1 is 1.25 bits per heavy atom. The standard InChI is InChI=1S/C27H26ClN3O5/c1-14-10-17(16(3)30-19-4-5-20(28)31-21(19)25(33)34)23-18(11-14)22(32)15(2)24(36-23)26-6-8-27(12-29,9-7-26)35-13-26/h4-5,10-11,16,30H,6-9,13H2,1-3H3,(H,33,34)/t16-,26?,27?/m1/s1. The number of halogens is 1. The van der Waals surface area contributed by atoms with Gasteiger partial charge < -0.3 is 19.6 Å². The average Bonchev–Trinajstić information content (AvgIpc) is 2.88. The highest BCUT2D eigenvalue weighted by Gasteiger charge is 2.53. The second kappa shape index (κ2) is 8.61. The zero-order chi connectivity index (χ0) is 25.8. The second-order valence-corrected chi connectivity index (χ2v) is 10.4. The summed E-state index contributed by atoms with van der Waals surface area (Å²) in [5, 5.41) is 22.9. The Morgan fingerprint density at radius 3 is 2.58 bits per heavy atom. The summed E-state index contributed by atoms with van der Waals surface area (Å²) in [4.78, 5) is 29.2. The zero-order valence-electron chi connectivity index (χ0n) is 20.3. The normalized spacial score (nSPS) is 23.9. The Balaban J connectivity index is 1.62. The lowest BCUT2D eigenvalue weighted by Gasteiger charge is -2.49. The zero-order valence-corrected chi connectivity index (χ0v) is 21.0. The molecule has 1 aromatic carbocycles. The number of aryl methyl sites for hydroxylation is 1. The first-order chi connectivity index (χ1) is 17.1. The molecule has 0 spiro atoms. The molecule has 3 aromatic rings. The fraction of sp³-hybridized carbons (Fsp3) is 0.407. The number of hydrogen-bond acceptors (Lipinski definition) is 7. The number of benzene rings is 1. The summed E-state index contributed by atoms with van der Waals surface area (Å²) in [5.74, 6) is -0.587. The van der Waals surface area contributed by atoms with Gasteiger partial charge in [0.2, 0.25) is 0 Å². The SMILES string of the molecule is Cc1cc([C@@H](C)Nc2ccc(Cl)nc2C(=O)O)c2oc(C34CCC(C#N)(CC3)OC4)c(C)c(=O)c2c1. The maximum absolute atomic E-state index is 13.6. The minimum absolute atomic E-state index is 0.0829. The molecule has 0 radical (unpaired) electrons. The van der Waals surface area contributed by atoms with Gasteiger partial charge >= 0.3 is 5.97 Å². The number of carboxylic acids is 1. The van der Waals surface area contributed by atoms with E-state index in [9.17, 15) is 20.0 Å². The number of hydrogen-bond donors (Lipinski definition) is 2. The van der Waals surface area contributed by atoms with Crippen molar-refractivity contribution in [2.45, 2.75) is 63.5 Å². The number of ether oxygens (including phenoxy) is 1. The van der Waals surface area contributed by atoms with Crippen LogP contribution in [0.3, 0.4) is 0 Å². The number of nitrogens with one attached hydrogen (secondary N) is 1. The molecule has 2 bridgehead atoms. The van der Waals surface area contributed by atoms with Gasteiger partial charge in [-0.3, -0.25) is 4.79 Å². The van der Waals surface area contributed by atoms with Crippen LogP contribution in [-0.4, -0.2) is 28.3 Å². The van der Waals surface area contributed by atoms with Crippen LogP contribution in [-0.2, 0) is 10.2 Å². The number of fused-ring (bicyclic) bond motifs is 4. The van der Waals surface area contributed by atoms with Crippen molar-refractivity contribution in [1.82, 2.24) is 4.98 Å². The molecule has 6 rings (SSSR count). The lowest BCUT2D eigenvalue weighted by molar-refractivity contribution is -0.128. The van der Waals surface area contributed by atoms with Crippen LogP contribution in [0.4, 0.5) is 5.69 Å². The predicted octanol–water partition coefficient (Wildman–Crippen LogP) is 5.43. The Kier molecular flexibility index (Phi) is 5.81. The maximum atomic E-state index is 13.6. The molecule has 9 heteroatoms. The number of pyridine rings is 1. The minimum Gasteiger partial charge on any atom is -0.476 e. The van der Waals surface area contributed by atoms with Gasteiger partial charge in [0.05, 0.1) is 35.2 Å². The molecule has 2 saturated heterocycles. The van der Waals surface area contributed by atoms with Crippen LogP contribution in [0.15, 0.2) is 33.5 Å². The first kappa shape index (κ1) is 24.3. The smallest absolute Gasteiger partial charge is 0.356 e. The third-order valence-electron chi connectivity index (χ3n) is 7.62. The number of nitriles is 1. The van der Waals surface area contributed by atoms with E-state index in [1.807, 2.05) is 26.0 Å². The summed E-state index contributed by atoms with van der Waals surface area (Å²) >= 11 is 5.90. The van der Waals surface area contributed by atoms with Crippen LogP contribution < -0.4 is 10.7 Å². The van der Waals surface area contributed by atoms with Crippen LogP contribution in [0.25, 0.3) is 11.0 Å². The van der Waals surface area contributed by atoms with E-state index in [4.69, 9.17) is 20.8 Å². The quantitative estimate of drug-likeness (QED) is 0.437. The highest BCUT2D eigenvalue weighted by Crippen LogP contribution is 2.51. The van der Waals surface area contributed by atoms with Gasteiger partial charge in [-0.2, -0.15) is 5.26 Å². The van der Waals surface area contributed by atoms with E-state index in [1.54, 1.807) is 13.0 Å². The Labute approximate surface area is 212 Å². The van der Waals surface area contributed by atoms with Gasteiger partial charge in [0.1, 0.15) is 16.5 Å². The number of aromatic nitrogens is 1. The highest BCUT2D eigenvalue weighted by molar-refractivity contribution is 6.29. The molecule has 1 saturated carbocycles. The van der Waals surface area contributed by atoms with Crippen molar-refractivity contribution in [1.29, 1.82) is 5.26 Å². The number of aromatic carboxylic acids is 1. The van der Waals surface area contributed by atoms with E-state index in [2.05, 4.69) is 16.4 Å². The Bertz CT molecular complexity index is 1480. The van der Waals surface area contributed by atoms with Gasteiger partial charge in [-0.15, -0.1) is 0 Å². The summed E-state index contributed by atoms with van der Waals surface area (Å²) < 4.78 is 12.6. The third-order valence-corrected chi connectivity index (χ3v) is 7.83. The molecule has 8 nitrogen and oxygen atoms in total. The number of nitrogens with zero attached hydrogens (tertiary/aromatic N) is 2. The molecule has 3 fully saturated rings. The van der Waals surface area contributed by atoms with Crippen molar-refractivity contribution in [3.05, 3.63) is 67.8 Å². The summed E-state index contributed by atoms with van der Waals surface area (Å²) in [6.45, 7) is 5.90. The molecule has 4 heterocycles. The molecule has 36 heavy (non-hydrogen) atoms. The first-order valence-electron chi connectivity index (χ1n) is 11.9. The Hall–Kier alpha value is -3.41. The maximum Gasteiger partial charge on any atom is 0.356 e. The van der Waals surface area contributed by atoms with Crippen LogP contribution in [0.2, 0.25) is 5.15 Å². The number of rotatable bonds is 5. The summed E-state index contributed by atoms with van der Waals surface area (Å²) in [7, 11) is 0. The van der Waals surface area contributed by atoms with E-state index in [0.29, 0.717) is 60.3 Å². The highest BCUT2D eigenvalue weighted by atomic mass is 35.5. The van der Waals surface area contributed by atoms with Crippen LogP contribution >= 0.6 is 11.6 Å². The molecule has 1 atom stereocenters. The topological polar surface area (TPSA) is 125 Å². The van der Waals surface area contributed by atoms with Crippen molar-refractivity contribution in [2.75, 3.05) is 11.9 Å². The van der Waals surface area contributed by atoms with Gasteiger partial charge in [-0.05, 0) is 70.2 Å². The molecular formula is C27H26ClN3O5. The molecule has 0 amide bonds. The molecule has 2 aliphatic heterocycles. The number of carbonyl (C=O) groups is 1. The van der Waals surface area contributed by atoms with Gasteiger partial charge in [-0.25, -0.2) is 9.78 Å². The van der Waals surface area contributed by atoms with E-state index in [-0.39, 0.29) is 16.3 Å². The van der Waals surface area contributed by atoms with Crippen molar-refractivity contribution >= 4 is 34.2 Å². The third kappa shape index (κ3) is 3.83. The minimum atomic E-state index is -1.20. The van der Waals surface area contributed by atoms with Gasteiger partial charge in [0.25, 0.3) is 0 Å². The van der Waals surface area contributed by atoms with E-state index in [0.717, 1.165) is 11.1 Å². The summed E-state index contributed by atoms with van der Waals surface area (Å²) in [6, 6.07) is 8.75. The molecule has 3 aliphatic rings. The summed E-state index contributed by atoms with van der Waals surface area (Å²) in [6.07, 6.45) is 2.63. The lowest BCUT2D eigenvalue weighted by Crippen LogP contribution is -2.53. The van der Waals surface area contributed by atoms with E-state index >= 15 is 0 Å². The molecule has 1 aliphatic carbocycles. The fourth-order valence-electron chi connectivity index (χ4n) is 5.56. The Morgan fingerprint density at radius 2 is 1.97 bits per heavy atom. The van der Waals surface area contributed by atoms with Crippen molar-refractivity contribution in [2.24, 2.45) is 0 Å². The van der Waals surface area contributed by atoms with Crippen LogP contribution in [0.5, 0.6) is 0 Å². The molecule has 2 N–H and O–H groups in total. The monoisotopic (exact) mass is 507 g/mol. The van der Waals surface area contributed by atoms with Crippen LogP contribution in [0, 0.1) is 25.2 Å². The number of anilines is 1. The largest absolute Gasteiger partial charge is 0.476 e. The van der Waals surface area contributed by atoms with Gasteiger partial charge in [0, 0.05) is 11.1 Å². The van der Waals surface area contributed by atoms with E-state index < -0.39 is 23.0 Å². The summed E-state index contributed by atoms with van der Waals surface area (Å²) in [5.41, 5.74) is 1.47. The fourth-order valence-corrected chi connectivity index (χ4v) is 5.70. The lowest BCUT2D eigenvalue weighted by atomic mass is 9.64. The molecule has 0 unspecified atom stereocenters. The average molecular weight is 508 g/mol. The van der Waals surface area contributed by atoms with Gasteiger partial charge in [-0.1, -0.05) is 17.7 Å². The van der Waals surface area contributed by atoms with Gasteiger partial charge in [0.15, 0.2) is 16.7 Å². The van der Waals surface area contributed by atoms with Crippen LogP contribution in [0.1, 0.15) is 71.6 Å². The molecule has 186 valence electrons. The first-order valence-corrected chi connectivity index (χ1v) is 12.3. The number of carboxylic acid groups (broad SMARTS) is 1. The predicted molar refractivity (Wildman–Crippen MR) is 135 cm³/mol. The van der Waals surface area contributed by atoms with E-state index in [1.165, 1.54) is 6.07 Å². The van der Waals surface area contributed by atoms with Crippen molar-refractivity contribution in [3.63, 3.8) is 0 Å². The van der Waals surface area contributed by atoms with Crippen molar-refractivity contribution in [3.8, 4) is 6.07 Å². The van der Waals surface area contributed by atoms with Crippen molar-refractivity contribution < 1.29 is 19.1 Å². The molecule has 2 aromatic heterocycles. The second-order valence-electron chi connectivity index (χ2n) is 9.99. The molecular weight excluding hydrogens is 482 g/mol.